The molecule has 0 unspecified atom stereocenters. The highest BCUT2D eigenvalue weighted by Gasteiger charge is 2.03. The predicted octanol–water partition coefficient (Wildman–Crippen LogP) is 2.28. The normalized spacial score (nSPS) is 10.5. The van der Waals surface area contributed by atoms with E-state index in [0.29, 0.717) is 6.61 Å². The van der Waals surface area contributed by atoms with Gasteiger partial charge >= 0.3 is 0 Å². The summed E-state index contributed by atoms with van der Waals surface area (Å²) >= 11 is 0. The van der Waals surface area contributed by atoms with Crippen molar-refractivity contribution < 1.29 is 9.84 Å². The van der Waals surface area contributed by atoms with E-state index in [-0.39, 0.29) is 5.75 Å². The van der Waals surface area contributed by atoms with Crippen LogP contribution in [0.3, 0.4) is 0 Å². The second kappa shape index (κ2) is 4.91. The van der Waals surface area contributed by atoms with E-state index in [4.69, 9.17) is 4.74 Å². The number of aryl methyl sites for hydroxylation is 1. The molecule has 1 aromatic carbocycles. The summed E-state index contributed by atoms with van der Waals surface area (Å²) in [5.74, 6) is 1.96. The van der Waals surface area contributed by atoms with Gasteiger partial charge in [-0.05, 0) is 26.0 Å². The van der Waals surface area contributed by atoms with E-state index in [0.717, 1.165) is 23.7 Å². The minimum Gasteiger partial charge on any atom is -0.508 e. The summed E-state index contributed by atoms with van der Waals surface area (Å²) in [5.41, 5.74) is 0.773. The Labute approximate surface area is 100 Å². The molecule has 4 nitrogen and oxygen atoms in total. The van der Waals surface area contributed by atoms with Gasteiger partial charge in [-0.25, -0.2) is 4.98 Å². The number of nitrogens with zero attached hydrogens (tertiary/aromatic N) is 2. The Morgan fingerprint density at radius 3 is 2.88 bits per heavy atom. The Hall–Kier alpha value is -1.97. The van der Waals surface area contributed by atoms with Gasteiger partial charge in [-0.3, -0.25) is 0 Å². The summed E-state index contributed by atoms with van der Waals surface area (Å²) in [5, 5.41) is 9.53. The number of imidazole rings is 1. The van der Waals surface area contributed by atoms with E-state index in [9.17, 15) is 5.11 Å². The lowest BCUT2D eigenvalue weighted by Gasteiger charge is -2.11. The van der Waals surface area contributed by atoms with Crippen LogP contribution in [0.1, 0.15) is 11.4 Å². The van der Waals surface area contributed by atoms with Crippen LogP contribution in [0.25, 0.3) is 0 Å². The number of hydrogen-bond donors (Lipinski definition) is 1. The molecule has 0 amide bonds. The molecule has 1 N–H and O–H groups in total. The molecule has 0 aliphatic rings. The van der Waals surface area contributed by atoms with Gasteiger partial charge in [0.2, 0.25) is 0 Å². The van der Waals surface area contributed by atoms with Crippen LogP contribution in [0.2, 0.25) is 0 Å². The fourth-order valence-corrected chi connectivity index (χ4v) is 1.65. The van der Waals surface area contributed by atoms with Crippen LogP contribution < -0.4 is 4.74 Å². The van der Waals surface area contributed by atoms with Crippen molar-refractivity contribution in [2.45, 2.75) is 20.4 Å². The summed E-state index contributed by atoms with van der Waals surface area (Å²) in [6.07, 6.45) is 3.70. The Morgan fingerprint density at radius 1 is 1.35 bits per heavy atom. The summed E-state index contributed by atoms with van der Waals surface area (Å²) in [7, 11) is 0. The number of hydrogen-bond acceptors (Lipinski definition) is 3. The average molecular weight is 232 g/mol. The number of aromatic hydroxyl groups is 1. The Kier molecular flexibility index (Phi) is 3.32. The zero-order valence-corrected chi connectivity index (χ0v) is 10.1. The fourth-order valence-electron chi connectivity index (χ4n) is 1.65. The minimum atomic E-state index is 0.265. The third-order valence-corrected chi connectivity index (χ3v) is 2.77. The SMILES string of the molecule is Cc1c(O)cccc1OCCn1ccnc1C. The quantitative estimate of drug-likeness (QED) is 0.879. The van der Waals surface area contributed by atoms with Crippen LogP contribution in [0, 0.1) is 13.8 Å². The summed E-state index contributed by atoms with van der Waals surface area (Å²) < 4.78 is 7.66. The van der Waals surface area contributed by atoms with Gasteiger partial charge in [0.15, 0.2) is 0 Å². The lowest BCUT2D eigenvalue weighted by atomic mass is 10.2. The molecule has 0 bridgehead atoms. The molecule has 0 fully saturated rings. The third-order valence-electron chi connectivity index (χ3n) is 2.77. The second-order valence-electron chi connectivity index (χ2n) is 3.92. The van der Waals surface area contributed by atoms with Crippen molar-refractivity contribution in [2.75, 3.05) is 6.61 Å². The van der Waals surface area contributed by atoms with Crippen molar-refractivity contribution in [3.05, 3.63) is 42.0 Å². The molecule has 4 heteroatoms. The molecule has 0 saturated carbocycles. The van der Waals surface area contributed by atoms with E-state index in [1.807, 2.05) is 30.7 Å². The molecule has 1 heterocycles. The zero-order chi connectivity index (χ0) is 12.3. The van der Waals surface area contributed by atoms with Crippen molar-refractivity contribution in [1.82, 2.24) is 9.55 Å². The zero-order valence-electron chi connectivity index (χ0n) is 10.1. The van der Waals surface area contributed by atoms with Crippen LogP contribution >= 0.6 is 0 Å². The van der Waals surface area contributed by atoms with Crippen LogP contribution in [0.15, 0.2) is 30.6 Å². The number of phenolic OH excluding ortho intramolecular Hbond substituents is 1. The first-order valence-corrected chi connectivity index (χ1v) is 5.57. The number of aromatic nitrogens is 2. The molecule has 0 aliphatic heterocycles. The molecule has 2 aromatic rings. The van der Waals surface area contributed by atoms with Crippen LogP contribution in [0.4, 0.5) is 0 Å². The van der Waals surface area contributed by atoms with Gasteiger partial charge in [-0.1, -0.05) is 6.07 Å². The van der Waals surface area contributed by atoms with Crippen LogP contribution in [0.5, 0.6) is 11.5 Å². The Balaban J connectivity index is 1.95. The highest BCUT2D eigenvalue weighted by Crippen LogP contribution is 2.25. The van der Waals surface area contributed by atoms with E-state index in [1.165, 1.54) is 0 Å². The predicted molar refractivity (Wildman–Crippen MR) is 65.3 cm³/mol. The van der Waals surface area contributed by atoms with Gasteiger partial charge in [0.1, 0.15) is 23.9 Å². The van der Waals surface area contributed by atoms with Crippen LogP contribution in [-0.4, -0.2) is 21.3 Å². The topological polar surface area (TPSA) is 47.3 Å². The standard InChI is InChI=1S/C13H16N2O2/c1-10-12(16)4-3-5-13(10)17-9-8-15-7-6-14-11(15)2/h3-7,16H,8-9H2,1-2H3. The minimum absolute atomic E-state index is 0.265. The molecule has 0 radical (unpaired) electrons. The maximum Gasteiger partial charge on any atom is 0.125 e. The highest BCUT2D eigenvalue weighted by molar-refractivity contribution is 5.42. The van der Waals surface area contributed by atoms with Gasteiger partial charge in [0.05, 0.1) is 6.54 Å². The van der Waals surface area contributed by atoms with Crippen molar-refractivity contribution in [3.8, 4) is 11.5 Å². The molecule has 17 heavy (non-hydrogen) atoms. The molecule has 0 saturated heterocycles. The molecule has 90 valence electrons. The first-order valence-electron chi connectivity index (χ1n) is 5.57. The van der Waals surface area contributed by atoms with Crippen LogP contribution in [-0.2, 0) is 6.54 Å². The number of phenols is 1. The van der Waals surface area contributed by atoms with Gasteiger partial charge in [0.25, 0.3) is 0 Å². The monoisotopic (exact) mass is 232 g/mol. The third kappa shape index (κ3) is 2.58. The number of rotatable bonds is 4. The molecule has 0 atom stereocenters. The van der Waals surface area contributed by atoms with Gasteiger partial charge in [0, 0.05) is 18.0 Å². The van der Waals surface area contributed by atoms with Gasteiger partial charge in [-0.2, -0.15) is 0 Å². The Bertz CT molecular complexity index is 506. The molecule has 2 rings (SSSR count). The summed E-state index contributed by atoms with van der Waals surface area (Å²) in [4.78, 5) is 4.14. The van der Waals surface area contributed by atoms with Gasteiger partial charge < -0.3 is 14.4 Å². The molecular weight excluding hydrogens is 216 g/mol. The van der Waals surface area contributed by atoms with E-state index >= 15 is 0 Å². The first-order chi connectivity index (χ1) is 8.18. The lowest BCUT2D eigenvalue weighted by molar-refractivity contribution is 0.293. The van der Waals surface area contributed by atoms with E-state index in [1.54, 1.807) is 18.3 Å². The van der Waals surface area contributed by atoms with E-state index < -0.39 is 0 Å². The Morgan fingerprint density at radius 2 is 2.18 bits per heavy atom. The largest absolute Gasteiger partial charge is 0.508 e. The first kappa shape index (κ1) is 11.5. The highest BCUT2D eigenvalue weighted by atomic mass is 16.5. The summed E-state index contributed by atoms with van der Waals surface area (Å²) in [6, 6.07) is 5.29. The molecular formula is C13H16N2O2. The molecule has 1 aromatic heterocycles. The van der Waals surface area contributed by atoms with Crippen molar-refractivity contribution in [1.29, 1.82) is 0 Å². The molecule has 0 aliphatic carbocycles. The van der Waals surface area contributed by atoms with Gasteiger partial charge in [-0.15, -0.1) is 0 Å². The molecule has 0 spiro atoms. The second-order valence-corrected chi connectivity index (χ2v) is 3.92. The van der Waals surface area contributed by atoms with Crippen molar-refractivity contribution in [2.24, 2.45) is 0 Å². The summed E-state index contributed by atoms with van der Waals surface area (Å²) in [6.45, 7) is 5.11. The lowest BCUT2D eigenvalue weighted by Crippen LogP contribution is -2.09. The maximum absolute atomic E-state index is 9.53. The number of ether oxygens (including phenoxy) is 1. The average Bonchev–Trinajstić information content (AvgIpc) is 2.71. The fraction of sp³-hybridized carbons (Fsp3) is 0.308. The van der Waals surface area contributed by atoms with E-state index in [2.05, 4.69) is 4.98 Å². The van der Waals surface area contributed by atoms with Crippen molar-refractivity contribution in [3.63, 3.8) is 0 Å². The smallest absolute Gasteiger partial charge is 0.125 e. The maximum atomic E-state index is 9.53. The van der Waals surface area contributed by atoms with Crippen molar-refractivity contribution >= 4 is 0 Å². The number of benzene rings is 1.